The maximum atomic E-state index is 6.32. The van der Waals surface area contributed by atoms with Gasteiger partial charge in [-0.1, -0.05) is 32.4 Å². The molecule has 2 rings (SSSR count). The smallest absolute Gasteiger partial charge is 0.200 e. The number of fused-ring (bicyclic) bond motifs is 1. The van der Waals surface area contributed by atoms with Crippen molar-refractivity contribution < 1.29 is 4.42 Å². The van der Waals surface area contributed by atoms with Crippen molar-refractivity contribution in [2.75, 3.05) is 26.4 Å². The number of nitrogens with zero attached hydrogens (tertiary/aromatic N) is 2. The summed E-state index contributed by atoms with van der Waals surface area (Å²) in [7, 11) is 4.13. The molecule has 0 atom stereocenters. The van der Waals surface area contributed by atoms with E-state index in [4.69, 9.17) is 16.0 Å². The number of aromatic nitrogens is 1. The van der Waals surface area contributed by atoms with Crippen LogP contribution in [-0.4, -0.2) is 36.3 Å². The monoisotopic (exact) mass is 312 g/mol. The van der Waals surface area contributed by atoms with Crippen molar-refractivity contribution in [1.29, 1.82) is 0 Å². The zero-order valence-electron chi connectivity index (χ0n) is 12.7. The predicted molar refractivity (Wildman–Crippen MR) is 87.0 cm³/mol. The van der Waals surface area contributed by atoms with Gasteiger partial charge >= 0.3 is 0 Å². The van der Waals surface area contributed by atoms with E-state index in [1.165, 1.54) is 0 Å². The van der Waals surface area contributed by atoms with Crippen LogP contribution in [0.5, 0.6) is 0 Å². The number of halogens is 1. The lowest BCUT2D eigenvalue weighted by molar-refractivity contribution is 0.408. The first kappa shape index (κ1) is 15.7. The summed E-state index contributed by atoms with van der Waals surface area (Å²) in [6.45, 7) is 7.28. The van der Waals surface area contributed by atoms with E-state index in [0.717, 1.165) is 39.2 Å². The Morgan fingerprint density at radius 3 is 2.60 bits per heavy atom. The Hall–Kier alpha value is -0.710. The number of oxazole rings is 1. The zero-order chi connectivity index (χ0) is 14.9. The summed E-state index contributed by atoms with van der Waals surface area (Å²) >= 11 is 8.04. The molecular formula is C15H21ClN2OS. The molecule has 0 bridgehead atoms. The van der Waals surface area contributed by atoms with Gasteiger partial charge in [0.2, 0.25) is 5.89 Å². The van der Waals surface area contributed by atoms with Gasteiger partial charge in [0.05, 0.1) is 9.92 Å². The SMILES string of the molecule is CN(C)CCSc1c(Cl)ccc2nc(C(C)(C)C)oc12. The molecule has 0 aliphatic carbocycles. The fourth-order valence-electron chi connectivity index (χ4n) is 1.73. The van der Waals surface area contributed by atoms with Gasteiger partial charge in [-0.15, -0.1) is 11.8 Å². The molecule has 0 spiro atoms. The Balaban J connectivity index is 2.36. The minimum Gasteiger partial charge on any atom is -0.439 e. The standard InChI is InChI=1S/C15H21ClN2OS/c1-15(2,3)14-17-11-7-6-10(16)13(12(11)19-14)20-9-8-18(4)5/h6-7H,8-9H2,1-5H3. The lowest BCUT2D eigenvalue weighted by Gasteiger charge is -2.12. The van der Waals surface area contributed by atoms with Crippen LogP contribution < -0.4 is 0 Å². The van der Waals surface area contributed by atoms with Crippen LogP contribution >= 0.6 is 23.4 Å². The quantitative estimate of drug-likeness (QED) is 0.781. The molecule has 1 aromatic carbocycles. The molecule has 0 aliphatic heterocycles. The highest BCUT2D eigenvalue weighted by Crippen LogP contribution is 2.37. The Morgan fingerprint density at radius 1 is 1.30 bits per heavy atom. The van der Waals surface area contributed by atoms with E-state index >= 15 is 0 Å². The van der Waals surface area contributed by atoms with E-state index in [9.17, 15) is 0 Å². The van der Waals surface area contributed by atoms with Crippen LogP contribution in [0.4, 0.5) is 0 Å². The summed E-state index contributed by atoms with van der Waals surface area (Å²) in [6, 6.07) is 3.82. The highest BCUT2D eigenvalue weighted by molar-refractivity contribution is 7.99. The van der Waals surface area contributed by atoms with Gasteiger partial charge in [-0.05, 0) is 26.2 Å². The van der Waals surface area contributed by atoms with Gasteiger partial charge in [0.1, 0.15) is 5.52 Å². The molecule has 0 saturated carbocycles. The van der Waals surface area contributed by atoms with E-state index in [1.807, 2.05) is 12.1 Å². The summed E-state index contributed by atoms with van der Waals surface area (Å²) in [5.74, 6) is 1.72. The molecule has 0 fully saturated rings. The van der Waals surface area contributed by atoms with Crippen molar-refractivity contribution >= 4 is 34.5 Å². The van der Waals surface area contributed by atoms with Crippen molar-refractivity contribution in [2.24, 2.45) is 0 Å². The van der Waals surface area contributed by atoms with Crippen LogP contribution in [-0.2, 0) is 5.41 Å². The first-order chi connectivity index (χ1) is 9.29. The topological polar surface area (TPSA) is 29.3 Å². The van der Waals surface area contributed by atoms with E-state index in [0.29, 0.717) is 0 Å². The van der Waals surface area contributed by atoms with Crippen molar-refractivity contribution in [1.82, 2.24) is 9.88 Å². The van der Waals surface area contributed by atoms with Gasteiger partial charge in [-0.25, -0.2) is 4.98 Å². The fourth-order valence-corrected chi connectivity index (χ4v) is 3.19. The molecular weight excluding hydrogens is 292 g/mol. The molecule has 0 amide bonds. The number of hydrogen-bond donors (Lipinski definition) is 0. The number of rotatable bonds is 4. The van der Waals surface area contributed by atoms with Crippen molar-refractivity contribution in [3.05, 3.63) is 23.0 Å². The third-order valence-corrected chi connectivity index (χ3v) is 4.40. The summed E-state index contributed by atoms with van der Waals surface area (Å²) < 4.78 is 5.97. The second-order valence-electron chi connectivity index (χ2n) is 6.15. The molecule has 3 nitrogen and oxygen atoms in total. The highest BCUT2D eigenvalue weighted by atomic mass is 35.5. The van der Waals surface area contributed by atoms with E-state index in [1.54, 1.807) is 11.8 Å². The van der Waals surface area contributed by atoms with E-state index < -0.39 is 0 Å². The molecule has 0 N–H and O–H groups in total. The molecule has 2 aromatic rings. The average Bonchev–Trinajstić information content (AvgIpc) is 2.75. The van der Waals surface area contributed by atoms with Crippen LogP contribution in [0.3, 0.4) is 0 Å². The van der Waals surface area contributed by atoms with Crippen LogP contribution in [0.2, 0.25) is 5.02 Å². The van der Waals surface area contributed by atoms with Gasteiger partial charge in [0, 0.05) is 17.7 Å². The molecule has 0 radical (unpaired) electrons. The van der Waals surface area contributed by atoms with Crippen molar-refractivity contribution in [3.8, 4) is 0 Å². The third-order valence-electron chi connectivity index (χ3n) is 2.89. The lowest BCUT2D eigenvalue weighted by Crippen LogP contribution is -2.14. The van der Waals surface area contributed by atoms with Crippen LogP contribution in [0.1, 0.15) is 26.7 Å². The summed E-state index contributed by atoms with van der Waals surface area (Å²) in [5, 5.41) is 0.734. The number of hydrogen-bond acceptors (Lipinski definition) is 4. The van der Waals surface area contributed by atoms with Gasteiger partial charge in [-0.2, -0.15) is 0 Å². The molecule has 1 aromatic heterocycles. The Morgan fingerprint density at radius 2 is 2.00 bits per heavy atom. The second kappa shape index (κ2) is 5.96. The fraction of sp³-hybridized carbons (Fsp3) is 0.533. The Kier molecular flexibility index (Phi) is 4.67. The molecule has 1 heterocycles. The first-order valence-corrected chi connectivity index (χ1v) is 8.02. The summed E-state index contributed by atoms with van der Waals surface area (Å²) in [5.41, 5.74) is 1.59. The highest BCUT2D eigenvalue weighted by Gasteiger charge is 2.22. The van der Waals surface area contributed by atoms with Crippen molar-refractivity contribution in [3.63, 3.8) is 0 Å². The normalized spacial score (nSPS) is 12.6. The lowest BCUT2D eigenvalue weighted by atomic mass is 9.97. The molecule has 110 valence electrons. The predicted octanol–water partition coefficient (Wildman–Crippen LogP) is 4.43. The van der Waals surface area contributed by atoms with Crippen LogP contribution in [0.15, 0.2) is 21.4 Å². The average molecular weight is 313 g/mol. The summed E-state index contributed by atoms with van der Waals surface area (Å²) in [4.78, 5) is 7.73. The number of benzene rings is 1. The van der Waals surface area contributed by atoms with Crippen LogP contribution in [0.25, 0.3) is 11.1 Å². The van der Waals surface area contributed by atoms with Gasteiger partial charge < -0.3 is 9.32 Å². The summed E-state index contributed by atoms with van der Waals surface area (Å²) in [6.07, 6.45) is 0. The first-order valence-electron chi connectivity index (χ1n) is 6.66. The maximum Gasteiger partial charge on any atom is 0.200 e. The molecule has 0 unspecified atom stereocenters. The Labute approximate surface area is 129 Å². The molecule has 20 heavy (non-hydrogen) atoms. The minimum atomic E-state index is -0.100. The van der Waals surface area contributed by atoms with Gasteiger partial charge in [0.25, 0.3) is 0 Å². The maximum absolute atomic E-state index is 6.32. The van der Waals surface area contributed by atoms with E-state index in [-0.39, 0.29) is 5.41 Å². The largest absolute Gasteiger partial charge is 0.439 e. The Bertz CT molecular complexity index is 602. The van der Waals surface area contributed by atoms with Crippen LogP contribution in [0, 0.1) is 0 Å². The third kappa shape index (κ3) is 3.48. The van der Waals surface area contributed by atoms with E-state index in [2.05, 4.69) is 44.8 Å². The molecule has 5 heteroatoms. The van der Waals surface area contributed by atoms with Crippen molar-refractivity contribution in [2.45, 2.75) is 31.1 Å². The second-order valence-corrected chi connectivity index (χ2v) is 7.66. The minimum absolute atomic E-state index is 0.100. The molecule has 0 aliphatic rings. The number of thioether (sulfide) groups is 1. The molecule has 0 saturated heterocycles. The van der Waals surface area contributed by atoms with Gasteiger partial charge in [0.15, 0.2) is 5.58 Å². The zero-order valence-corrected chi connectivity index (χ0v) is 14.2. The van der Waals surface area contributed by atoms with Gasteiger partial charge in [-0.3, -0.25) is 0 Å².